The lowest BCUT2D eigenvalue weighted by molar-refractivity contribution is -0.153. The number of nitrogens with zero attached hydrogens (tertiary/aromatic N) is 2. The molecule has 0 aromatic heterocycles. The number of aromatic hydroxyl groups is 1. The molecule has 1 amide bonds. The van der Waals surface area contributed by atoms with Crippen LogP contribution in [0.25, 0.3) is 5.76 Å². The van der Waals surface area contributed by atoms with E-state index in [-0.39, 0.29) is 35.1 Å². The summed E-state index contributed by atoms with van der Waals surface area (Å²) in [5.74, 6) is -6.55. The van der Waals surface area contributed by atoms with Crippen molar-refractivity contribution in [1.29, 1.82) is 0 Å². The third kappa shape index (κ3) is 4.46. The van der Waals surface area contributed by atoms with Crippen LogP contribution in [-0.4, -0.2) is 89.2 Å². The van der Waals surface area contributed by atoms with Gasteiger partial charge in [-0.25, -0.2) is 0 Å². The van der Waals surface area contributed by atoms with Crippen molar-refractivity contribution >= 4 is 28.9 Å². The van der Waals surface area contributed by atoms with Crippen molar-refractivity contribution in [2.45, 2.75) is 51.8 Å². The standard InChI is InChI=1S/C29H40N4O7/c1-28(2,3)12-31-11-14-10-17(32(4)5)15-8-13-9-16-21(33(6)7)24(36)20(27(30)39)26(38)29(16,40)25(37)18(13)23(35)19(15)22(14)34/h10,13,16,21,31,34-35,38,40H,8-9,11-12H2,1-7H3,(H2,30,39). The van der Waals surface area contributed by atoms with Crippen LogP contribution in [0.5, 0.6) is 5.75 Å². The van der Waals surface area contributed by atoms with Gasteiger partial charge in [0.15, 0.2) is 11.4 Å². The number of anilines is 1. The molecule has 1 fully saturated rings. The second kappa shape index (κ2) is 9.90. The van der Waals surface area contributed by atoms with Crippen LogP contribution in [0.1, 0.15) is 43.9 Å². The molecule has 0 bridgehead atoms. The van der Waals surface area contributed by atoms with Gasteiger partial charge in [0.1, 0.15) is 22.8 Å². The number of phenols is 1. The van der Waals surface area contributed by atoms with Crippen LogP contribution < -0.4 is 16.0 Å². The summed E-state index contributed by atoms with van der Waals surface area (Å²) in [6.07, 6.45) is 0.291. The van der Waals surface area contributed by atoms with Gasteiger partial charge in [-0.2, -0.15) is 0 Å². The number of primary amides is 1. The largest absolute Gasteiger partial charge is 0.508 e. The first-order valence-corrected chi connectivity index (χ1v) is 13.3. The molecule has 0 aliphatic heterocycles. The van der Waals surface area contributed by atoms with Gasteiger partial charge >= 0.3 is 0 Å². The number of carbonyl (C=O) groups excluding carboxylic acids is 3. The Kier molecular flexibility index (Phi) is 7.32. The topological polar surface area (TPSA) is 177 Å². The van der Waals surface area contributed by atoms with Gasteiger partial charge in [0, 0.05) is 49.9 Å². The lowest BCUT2D eigenvalue weighted by Gasteiger charge is -2.50. The van der Waals surface area contributed by atoms with Crippen molar-refractivity contribution < 1.29 is 34.8 Å². The Hall–Kier alpha value is -3.41. The summed E-state index contributed by atoms with van der Waals surface area (Å²) in [6, 6.07) is 0.735. The molecule has 0 saturated heterocycles. The van der Waals surface area contributed by atoms with Crippen LogP contribution in [0, 0.1) is 17.3 Å². The van der Waals surface area contributed by atoms with Crippen molar-refractivity contribution in [3.8, 4) is 5.75 Å². The third-order valence-corrected chi connectivity index (χ3v) is 8.23. The van der Waals surface area contributed by atoms with Gasteiger partial charge in [-0.3, -0.25) is 19.3 Å². The highest BCUT2D eigenvalue weighted by molar-refractivity contribution is 6.24. The average Bonchev–Trinajstić information content (AvgIpc) is 2.81. The zero-order valence-electron chi connectivity index (χ0n) is 24.1. The van der Waals surface area contributed by atoms with Crippen molar-refractivity contribution in [2.75, 3.05) is 39.6 Å². The fourth-order valence-corrected chi connectivity index (χ4v) is 6.45. The number of likely N-dealkylation sites (N-methyl/N-ethyl adjacent to an activating group) is 1. The second-order valence-corrected chi connectivity index (χ2v) is 12.8. The van der Waals surface area contributed by atoms with E-state index in [4.69, 9.17) is 5.73 Å². The molecule has 3 aliphatic carbocycles. The minimum atomic E-state index is -2.66. The molecule has 1 saturated carbocycles. The smallest absolute Gasteiger partial charge is 0.255 e. The lowest BCUT2D eigenvalue weighted by atomic mass is 9.57. The maximum absolute atomic E-state index is 14.0. The Bertz CT molecular complexity index is 1350. The summed E-state index contributed by atoms with van der Waals surface area (Å²) in [5.41, 5.74) is 3.73. The highest BCUT2D eigenvalue weighted by Crippen LogP contribution is 2.54. The van der Waals surface area contributed by atoms with Crippen molar-refractivity contribution in [2.24, 2.45) is 23.0 Å². The van der Waals surface area contributed by atoms with E-state index in [1.54, 1.807) is 14.1 Å². The van der Waals surface area contributed by atoms with Crippen LogP contribution >= 0.6 is 0 Å². The summed E-state index contributed by atoms with van der Waals surface area (Å²) >= 11 is 0. The summed E-state index contributed by atoms with van der Waals surface area (Å²) < 4.78 is 0. The fourth-order valence-electron chi connectivity index (χ4n) is 6.45. The number of ketones is 2. The van der Waals surface area contributed by atoms with Gasteiger partial charge in [-0.1, -0.05) is 20.8 Å². The maximum atomic E-state index is 14.0. The number of nitrogens with two attached hydrogens (primary N) is 1. The number of Topliss-reactive ketones (excluding diaryl/α,β-unsaturated/α-hetero) is 2. The van der Waals surface area contributed by atoms with Gasteiger partial charge in [0.25, 0.3) is 5.91 Å². The van der Waals surface area contributed by atoms with Crippen LogP contribution in [0.15, 0.2) is 23.0 Å². The minimum absolute atomic E-state index is 0.00285. The van der Waals surface area contributed by atoms with Gasteiger partial charge in [-0.15, -0.1) is 0 Å². The number of amides is 1. The molecule has 7 N–H and O–H groups in total. The average molecular weight is 557 g/mol. The molecule has 0 spiro atoms. The number of fused-ring (bicyclic) bond motifs is 3. The normalized spacial score (nSPS) is 26.6. The van der Waals surface area contributed by atoms with Crippen LogP contribution in [0.3, 0.4) is 0 Å². The predicted molar refractivity (Wildman–Crippen MR) is 150 cm³/mol. The molecule has 0 radical (unpaired) electrons. The Morgan fingerprint density at radius 2 is 1.77 bits per heavy atom. The molecular weight excluding hydrogens is 516 g/mol. The molecule has 3 aliphatic rings. The zero-order chi connectivity index (χ0) is 30.1. The third-order valence-electron chi connectivity index (χ3n) is 8.23. The number of benzene rings is 1. The zero-order valence-corrected chi connectivity index (χ0v) is 24.1. The highest BCUT2D eigenvalue weighted by Gasteiger charge is 2.64. The molecule has 218 valence electrons. The molecule has 11 nitrogen and oxygen atoms in total. The van der Waals surface area contributed by atoms with E-state index in [0.29, 0.717) is 24.2 Å². The quantitative estimate of drug-likeness (QED) is 0.279. The van der Waals surface area contributed by atoms with E-state index in [1.165, 1.54) is 4.90 Å². The van der Waals surface area contributed by atoms with E-state index in [2.05, 4.69) is 26.1 Å². The first kappa shape index (κ1) is 29.6. The number of rotatable bonds is 6. The molecule has 4 atom stereocenters. The van der Waals surface area contributed by atoms with Gasteiger partial charge < -0.3 is 36.4 Å². The maximum Gasteiger partial charge on any atom is 0.255 e. The Morgan fingerprint density at radius 1 is 1.15 bits per heavy atom. The van der Waals surface area contributed by atoms with E-state index < -0.39 is 58.0 Å². The first-order chi connectivity index (χ1) is 18.4. The summed E-state index contributed by atoms with van der Waals surface area (Å²) in [5, 5.41) is 49.0. The molecule has 1 aromatic carbocycles. The lowest BCUT2D eigenvalue weighted by Crippen LogP contribution is -2.65. The van der Waals surface area contributed by atoms with Crippen molar-refractivity contribution in [3.05, 3.63) is 39.7 Å². The van der Waals surface area contributed by atoms with Crippen molar-refractivity contribution in [1.82, 2.24) is 10.2 Å². The number of nitrogens with one attached hydrogen (secondary N) is 1. The van der Waals surface area contributed by atoms with Crippen LogP contribution in [0.2, 0.25) is 0 Å². The summed E-state index contributed by atoms with van der Waals surface area (Å²) in [7, 11) is 6.84. The fraction of sp³-hybridized carbons (Fsp3) is 0.552. The molecule has 4 unspecified atom stereocenters. The minimum Gasteiger partial charge on any atom is -0.508 e. The molecule has 0 heterocycles. The number of aliphatic hydroxyl groups is 3. The first-order valence-electron chi connectivity index (χ1n) is 13.3. The Balaban J connectivity index is 1.91. The molecule has 1 aromatic rings. The number of hydrogen-bond acceptors (Lipinski definition) is 10. The Morgan fingerprint density at radius 3 is 2.30 bits per heavy atom. The van der Waals surface area contributed by atoms with E-state index in [9.17, 15) is 34.8 Å². The van der Waals surface area contributed by atoms with Gasteiger partial charge in [0.05, 0.1) is 11.6 Å². The highest BCUT2D eigenvalue weighted by atomic mass is 16.3. The van der Waals surface area contributed by atoms with Gasteiger partial charge in [-0.05, 0) is 49.9 Å². The molecular formula is C29H40N4O7. The Labute approximate surface area is 233 Å². The van der Waals surface area contributed by atoms with E-state index in [1.807, 2.05) is 25.1 Å². The van der Waals surface area contributed by atoms with Crippen molar-refractivity contribution in [3.63, 3.8) is 0 Å². The van der Waals surface area contributed by atoms with Crippen LogP contribution in [0.4, 0.5) is 5.69 Å². The number of aliphatic hydroxyl groups excluding tert-OH is 2. The predicted octanol–water partition coefficient (Wildman–Crippen LogP) is 1.17. The molecule has 4 rings (SSSR count). The molecule has 11 heteroatoms. The monoisotopic (exact) mass is 556 g/mol. The molecule has 40 heavy (non-hydrogen) atoms. The van der Waals surface area contributed by atoms with E-state index >= 15 is 0 Å². The summed E-state index contributed by atoms with van der Waals surface area (Å²) in [6.45, 7) is 7.21. The van der Waals surface area contributed by atoms with Gasteiger partial charge in [0.2, 0.25) is 5.78 Å². The number of carbonyl (C=O) groups is 3. The van der Waals surface area contributed by atoms with E-state index in [0.717, 1.165) is 5.69 Å². The number of hydrogen-bond donors (Lipinski definition) is 6. The summed E-state index contributed by atoms with van der Waals surface area (Å²) in [4.78, 5) is 42.8. The van der Waals surface area contributed by atoms with Crippen LogP contribution in [-0.2, 0) is 27.3 Å². The SMILES string of the molecule is CN(C)c1cc(CNCC(C)(C)C)c(O)c2c1CC1CC3C(N(C)C)C(=O)C(C(N)=O)=C(O)C3(O)C(=O)C1=C2O. The number of phenolic OH excluding ortho intramolecular Hbond substituents is 1. The second-order valence-electron chi connectivity index (χ2n) is 12.8.